The second kappa shape index (κ2) is 6.51. The average molecular weight is 222 g/mol. The highest BCUT2D eigenvalue weighted by Crippen LogP contribution is 2.26. The molecule has 0 fully saturated rings. The molecule has 1 aromatic rings. The lowest BCUT2D eigenvalue weighted by Crippen LogP contribution is -2.30. The maximum absolute atomic E-state index is 5.80. The lowest BCUT2D eigenvalue weighted by atomic mass is 9.91. The molecule has 16 heavy (non-hydrogen) atoms. The van der Waals surface area contributed by atoms with Crippen LogP contribution in [-0.4, -0.2) is 20.7 Å². The number of benzene rings is 1. The molecule has 3 N–H and O–H groups in total. The monoisotopic (exact) mass is 222 g/mol. The zero-order valence-electron chi connectivity index (χ0n) is 10.4. The fourth-order valence-electron chi connectivity index (χ4n) is 2.05. The minimum atomic E-state index is 0.296. The van der Waals surface area contributed by atoms with Crippen LogP contribution >= 0.6 is 0 Å². The van der Waals surface area contributed by atoms with Gasteiger partial charge in [0, 0.05) is 6.04 Å². The Morgan fingerprint density at radius 2 is 2.19 bits per heavy atom. The molecular weight excluding hydrogens is 200 g/mol. The lowest BCUT2D eigenvalue weighted by molar-refractivity contribution is 0.374. The van der Waals surface area contributed by atoms with Crippen molar-refractivity contribution in [1.82, 2.24) is 5.32 Å². The van der Waals surface area contributed by atoms with Crippen LogP contribution in [0.1, 0.15) is 24.9 Å². The van der Waals surface area contributed by atoms with E-state index in [1.54, 1.807) is 7.11 Å². The number of nitrogens with one attached hydrogen (secondary N) is 1. The Bertz CT molecular complexity index is 311. The van der Waals surface area contributed by atoms with Gasteiger partial charge < -0.3 is 15.8 Å². The number of nitrogens with two attached hydrogens (primary N) is 1. The predicted octanol–water partition coefficient (Wildman–Crippen LogP) is 1.94. The minimum Gasteiger partial charge on any atom is -0.497 e. The molecule has 0 heterocycles. The van der Waals surface area contributed by atoms with Crippen LogP contribution in [0.5, 0.6) is 5.75 Å². The molecule has 3 nitrogen and oxygen atoms in total. The van der Waals surface area contributed by atoms with Crippen LogP contribution in [0.25, 0.3) is 0 Å². The van der Waals surface area contributed by atoms with E-state index in [1.807, 2.05) is 19.2 Å². The van der Waals surface area contributed by atoms with E-state index in [0.29, 0.717) is 18.5 Å². The predicted molar refractivity (Wildman–Crippen MR) is 67.6 cm³/mol. The molecule has 0 spiro atoms. The first kappa shape index (κ1) is 13.0. The number of rotatable bonds is 6. The third kappa shape index (κ3) is 2.97. The molecule has 0 aliphatic rings. The van der Waals surface area contributed by atoms with Crippen LogP contribution in [-0.2, 0) is 0 Å². The molecule has 0 amide bonds. The zero-order chi connectivity index (χ0) is 12.0. The molecule has 0 bridgehead atoms. The van der Waals surface area contributed by atoms with Crippen LogP contribution < -0.4 is 15.8 Å². The van der Waals surface area contributed by atoms with Gasteiger partial charge in [0.2, 0.25) is 0 Å². The van der Waals surface area contributed by atoms with Gasteiger partial charge in [0.05, 0.1) is 7.11 Å². The highest BCUT2D eigenvalue weighted by molar-refractivity contribution is 5.30. The molecule has 0 aromatic heterocycles. The number of methoxy groups -OCH3 is 1. The Hall–Kier alpha value is -1.06. The van der Waals surface area contributed by atoms with Crippen molar-refractivity contribution >= 4 is 0 Å². The van der Waals surface area contributed by atoms with Crippen LogP contribution in [0.4, 0.5) is 0 Å². The number of hydrogen-bond donors (Lipinski definition) is 2. The summed E-state index contributed by atoms with van der Waals surface area (Å²) in [5, 5.41) is 3.34. The van der Waals surface area contributed by atoms with Crippen molar-refractivity contribution in [2.24, 2.45) is 11.7 Å². The quantitative estimate of drug-likeness (QED) is 0.773. The van der Waals surface area contributed by atoms with Gasteiger partial charge in [0.25, 0.3) is 0 Å². The lowest BCUT2D eigenvalue weighted by Gasteiger charge is -2.25. The largest absolute Gasteiger partial charge is 0.497 e. The number of ether oxygens (including phenoxy) is 1. The van der Waals surface area contributed by atoms with E-state index in [2.05, 4.69) is 24.4 Å². The summed E-state index contributed by atoms with van der Waals surface area (Å²) in [5.74, 6) is 1.35. The van der Waals surface area contributed by atoms with Gasteiger partial charge in [-0.3, -0.25) is 0 Å². The molecule has 0 saturated heterocycles. The Balaban J connectivity index is 2.93. The summed E-state index contributed by atoms with van der Waals surface area (Å²) >= 11 is 0. The van der Waals surface area contributed by atoms with Gasteiger partial charge in [-0.1, -0.05) is 25.5 Å². The van der Waals surface area contributed by atoms with E-state index < -0.39 is 0 Å². The Morgan fingerprint density at radius 1 is 1.44 bits per heavy atom. The highest BCUT2D eigenvalue weighted by Gasteiger charge is 2.18. The van der Waals surface area contributed by atoms with Crippen LogP contribution in [0.2, 0.25) is 0 Å². The van der Waals surface area contributed by atoms with Crippen LogP contribution in [0, 0.1) is 5.92 Å². The smallest absolute Gasteiger partial charge is 0.119 e. The second-order valence-electron chi connectivity index (χ2n) is 3.95. The Labute approximate surface area is 98.0 Å². The van der Waals surface area contributed by atoms with Crippen molar-refractivity contribution in [2.75, 3.05) is 20.7 Å². The first-order valence-electron chi connectivity index (χ1n) is 5.78. The fourth-order valence-corrected chi connectivity index (χ4v) is 2.05. The average Bonchev–Trinajstić information content (AvgIpc) is 2.35. The van der Waals surface area contributed by atoms with Gasteiger partial charge >= 0.3 is 0 Å². The van der Waals surface area contributed by atoms with Crippen LogP contribution in [0.3, 0.4) is 0 Å². The van der Waals surface area contributed by atoms with Gasteiger partial charge in [0.15, 0.2) is 0 Å². The topological polar surface area (TPSA) is 47.3 Å². The second-order valence-corrected chi connectivity index (χ2v) is 3.95. The fraction of sp³-hybridized carbons (Fsp3) is 0.538. The molecule has 2 unspecified atom stereocenters. The summed E-state index contributed by atoms with van der Waals surface area (Å²) in [4.78, 5) is 0. The van der Waals surface area contributed by atoms with Crippen molar-refractivity contribution in [3.05, 3.63) is 29.8 Å². The van der Waals surface area contributed by atoms with Gasteiger partial charge in [-0.2, -0.15) is 0 Å². The van der Waals surface area contributed by atoms with Gasteiger partial charge in [0.1, 0.15) is 5.75 Å². The van der Waals surface area contributed by atoms with E-state index in [1.165, 1.54) is 5.56 Å². The molecule has 0 aliphatic carbocycles. The third-order valence-corrected chi connectivity index (χ3v) is 3.06. The Kier molecular flexibility index (Phi) is 5.29. The van der Waals surface area contributed by atoms with E-state index in [9.17, 15) is 0 Å². The van der Waals surface area contributed by atoms with Crippen molar-refractivity contribution < 1.29 is 4.74 Å². The van der Waals surface area contributed by atoms with Gasteiger partial charge in [-0.05, 0) is 37.2 Å². The number of hydrogen-bond acceptors (Lipinski definition) is 3. The SMILES string of the molecule is CCC(CN)C(NC)c1cccc(OC)c1. The molecule has 1 aromatic carbocycles. The minimum absolute atomic E-state index is 0.296. The molecule has 0 aliphatic heterocycles. The molecule has 0 saturated carbocycles. The van der Waals surface area contributed by atoms with E-state index in [-0.39, 0.29) is 0 Å². The molecule has 90 valence electrons. The standard InChI is InChI=1S/C13H22N2O/c1-4-10(9-14)13(15-2)11-6-5-7-12(8-11)16-3/h5-8,10,13,15H,4,9,14H2,1-3H3. The van der Waals surface area contributed by atoms with Crippen molar-refractivity contribution in [3.8, 4) is 5.75 Å². The van der Waals surface area contributed by atoms with Crippen molar-refractivity contribution in [2.45, 2.75) is 19.4 Å². The molecular formula is C13H22N2O. The molecule has 3 heteroatoms. The summed E-state index contributed by atoms with van der Waals surface area (Å²) < 4.78 is 5.24. The van der Waals surface area contributed by atoms with Gasteiger partial charge in [-0.25, -0.2) is 0 Å². The summed E-state index contributed by atoms with van der Waals surface area (Å²) in [6.07, 6.45) is 1.07. The summed E-state index contributed by atoms with van der Waals surface area (Å²) in [7, 11) is 3.66. The maximum Gasteiger partial charge on any atom is 0.119 e. The highest BCUT2D eigenvalue weighted by atomic mass is 16.5. The summed E-state index contributed by atoms with van der Waals surface area (Å²) in [6.45, 7) is 2.86. The summed E-state index contributed by atoms with van der Waals surface area (Å²) in [5.41, 5.74) is 7.03. The normalized spacial score (nSPS) is 14.5. The van der Waals surface area contributed by atoms with E-state index in [0.717, 1.165) is 12.2 Å². The Morgan fingerprint density at radius 3 is 2.69 bits per heavy atom. The first-order valence-corrected chi connectivity index (χ1v) is 5.78. The molecule has 2 atom stereocenters. The summed E-state index contributed by atoms with van der Waals surface area (Å²) in [6, 6.07) is 8.45. The molecule has 0 radical (unpaired) electrons. The third-order valence-electron chi connectivity index (χ3n) is 3.06. The van der Waals surface area contributed by atoms with Crippen molar-refractivity contribution in [3.63, 3.8) is 0 Å². The zero-order valence-corrected chi connectivity index (χ0v) is 10.4. The first-order chi connectivity index (χ1) is 7.76. The maximum atomic E-state index is 5.80. The van der Waals surface area contributed by atoms with E-state index in [4.69, 9.17) is 10.5 Å². The van der Waals surface area contributed by atoms with Crippen LogP contribution in [0.15, 0.2) is 24.3 Å². The van der Waals surface area contributed by atoms with E-state index >= 15 is 0 Å². The van der Waals surface area contributed by atoms with Gasteiger partial charge in [-0.15, -0.1) is 0 Å². The molecule has 1 rings (SSSR count). The van der Waals surface area contributed by atoms with Crippen molar-refractivity contribution in [1.29, 1.82) is 0 Å².